The van der Waals surface area contributed by atoms with E-state index >= 15 is 0 Å². The summed E-state index contributed by atoms with van der Waals surface area (Å²) in [6.07, 6.45) is 5.33. The molecule has 0 heterocycles. The minimum Gasteiger partial charge on any atom is -0.178 e. The molecule has 0 fully saturated rings. The van der Waals surface area contributed by atoms with Gasteiger partial charge in [0.2, 0.25) is 0 Å². The van der Waals surface area contributed by atoms with Crippen molar-refractivity contribution >= 4 is 24.4 Å². The molecule has 0 amide bonds. The third-order valence-electron chi connectivity index (χ3n) is 2.00. The molecule has 0 saturated carbocycles. The summed E-state index contributed by atoms with van der Waals surface area (Å²) in [5.74, 6) is 6.96. The molecule has 0 aliphatic carbocycles. The Morgan fingerprint density at radius 2 is 2.00 bits per heavy atom. The Hall–Kier alpha value is -0.180. The van der Waals surface area contributed by atoms with Gasteiger partial charge < -0.3 is 0 Å². The lowest BCUT2D eigenvalue weighted by atomic mass is 9.98. The highest BCUT2D eigenvalue weighted by atomic mass is 32.2. The third-order valence-corrected chi connectivity index (χ3v) is 3.79. The van der Waals surface area contributed by atoms with Crippen LogP contribution in [-0.4, -0.2) is 11.0 Å². The van der Waals surface area contributed by atoms with E-state index in [1.54, 1.807) is 11.8 Å². The Bertz CT molecular complexity index is 262. The molecule has 0 aliphatic heterocycles. The zero-order valence-electron chi connectivity index (χ0n) is 9.29. The van der Waals surface area contributed by atoms with E-state index < -0.39 is 0 Å². The van der Waals surface area contributed by atoms with Crippen LogP contribution in [0, 0.1) is 34.8 Å². The molecule has 78 valence electrons. The predicted octanol–water partition coefficient (Wildman–Crippen LogP) is 3.29. The second-order valence-electron chi connectivity index (χ2n) is 4.05. The molecule has 2 unspecified atom stereocenters. The molecule has 14 heavy (non-hydrogen) atoms. The molecule has 2 atom stereocenters. The van der Waals surface area contributed by atoms with Gasteiger partial charge in [0.25, 0.3) is 0 Å². The minimum absolute atomic E-state index is 0.00475. The summed E-state index contributed by atoms with van der Waals surface area (Å²) in [4.78, 5) is 0. The Labute approximate surface area is 98.0 Å². The summed E-state index contributed by atoms with van der Waals surface area (Å²) >= 11 is 5.85. The van der Waals surface area contributed by atoms with Crippen LogP contribution in [0.5, 0.6) is 0 Å². The molecular formula is C12H18S2. The fraction of sp³-hybridized carbons (Fsp3) is 0.667. The smallest absolute Gasteiger partial charge is 0.0355 e. The number of hydrogen-bond donors (Lipinski definition) is 1. The Morgan fingerprint density at radius 1 is 1.43 bits per heavy atom. The van der Waals surface area contributed by atoms with Gasteiger partial charge in [0.05, 0.1) is 0 Å². The normalized spacial score (nSPS) is 14.9. The van der Waals surface area contributed by atoms with Crippen LogP contribution in [0.2, 0.25) is 0 Å². The third kappa shape index (κ3) is 5.53. The lowest BCUT2D eigenvalue weighted by Crippen LogP contribution is -2.10. The van der Waals surface area contributed by atoms with Gasteiger partial charge in [-0.15, -0.1) is 12.3 Å². The second-order valence-corrected chi connectivity index (χ2v) is 5.55. The van der Waals surface area contributed by atoms with Gasteiger partial charge in [-0.3, -0.25) is 0 Å². The van der Waals surface area contributed by atoms with E-state index in [0.717, 1.165) is 5.75 Å². The fourth-order valence-electron chi connectivity index (χ4n) is 0.538. The molecule has 0 aromatic rings. The van der Waals surface area contributed by atoms with E-state index in [-0.39, 0.29) is 11.3 Å². The molecule has 0 spiro atoms. The maximum atomic E-state index is 5.33. The molecule has 0 N–H and O–H groups in total. The molecule has 2 heteroatoms. The van der Waals surface area contributed by atoms with Crippen LogP contribution in [0.1, 0.15) is 27.7 Å². The molecule has 0 rings (SSSR count). The summed E-state index contributed by atoms with van der Waals surface area (Å²) in [7, 11) is 0. The summed E-state index contributed by atoms with van der Waals surface area (Å²) in [6.45, 7) is 8.33. The first-order chi connectivity index (χ1) is 6.43. The predicted molar refractivity (Wildman–Crippen MR) is 70.5 cm³/mol. The van der Waals surface area contributed by atoms with Crippen molar-refractivity contribution in [2.75, 3.05) is 5.75 Å². The van der Waals surface area contributed by atoms with Gasteiger partial charge in [0.15, 0.2) is 0 Å². The Morgan fingerprint density at radius 3 is 2.43 bits per heavy atom. The van der Waals surface area contributed by atoms with Crippen molar-refractivity contribution in [2.45, 2.75) is 32.9 Å². The van der Waals surface area contributed by atoms with Gasteiger partial charge >= 0.3 is 0 Å². The van der Waals surface area contributed by atoms with Crippen molar-refractivity contribution < 1.29 is 0 Å². The van der Waals surface area contributed by atoms with Crippen LogP contribution in [0.15, 0.2) is 0 Å². The van der Waals surface area contributed by atoms with Crippen molar-refractivity contribution in [3.8, 4) is 23.5 Å². The largest absolute Gasteiger partial charge is 0.178 e. The van der Waals surface area contributed by atoms with Crippen molar-refractivity contribution in [2.24, 2.45) is 11.3 Å². The maximum Gasteiger partial charge on any atom is 0.0355 e. The summed E-state index contributed by atoms with van der Waals surface area (Å²) in [5.41, 5.74) is -0.00475. The molecule has 0 aromatic heterocycles. The van der Waals surface area contributed by atoms with E-state index in [4.69, 9.17) is 6.42 Å². The summed E-state index contributed by atoms with van der Waals surface area (Å²) in [5, 5.41) is 3.51. The number of thiol groups is 1. The Balaban J connectivity index is 4.12. The van der Waals surface area contributed by atoms with E-state index in [0.29, 0.717) is 5.25 Å². The van der Waals surface area contributed by atoms with Crippen LogP contribution in [0.25, 0.3) is 0 Å². The molecule has 0 saturated heterocycles. The molecular weight excluding hydrogens is 208 g/mol. The number of terminal acetylenes is 1. The van der Waals surface area contributed by atoms with Crippen LogP contribution in [0.3, 0.4) is 0 Å². The first-order valence-corrected chi connectivity index (χ1v) is 6.19. The van der Waals surface area contributed by atoms with Gasteiger partial charge in [-0.05, 0) is 19.1 Å². The van der Waals surface area contributed by atoms with Crippen LogP contribution >= 0.6 is 24.4 Å². The highest BCUT2D eigenvalue weighted by molar-refractivity contribution is 8.04. The van der Waals surface area contributed by atoms with Gasteiger partial charge in [-0.1, -0.05) is 31.5 Å². The highest BCUT2D eigenvalue weighted by Crippen LogP contribution is 2.20. The monoisotopic (exact) mass is 226 g/mol. The second kappa shape index (κ2) is 6.33. The van der Waals surface area contributed by atoms with E-state index in [1.165, 1.54) is 0 Å². The SMILES string of the molecule is C#CC(C)C(C)SC#CC(C)(C)CS. The van der Waals surface area contributed by atoms with Crippen LogP contribution in [-0.2, 0) is 0 Å². The number of hydrogen-bond acceptors (Lipinski definition) is 2. The summed E-state index contributed by atoms with van der Waals surface area (Å²) < 4.78 is 0. The summed E-state index contributed by atoms with van der Waals surface area (Å²) in [6, 6.07) is 0. The molecule has 0 aliphatic rings. The van der Waals surface area contributed by atoms with E-state index in [1.807, 2.05) is 6.92 Å². The highest BCUT2D eigenvalue weighted by Gasteiger charge is 2.12. The van der Waals surface area contributed by atoms with Gasteiger partial charge in [0, 0.05) is 22.3 Å². The van der Waals surface area contributed by atoms with Crippen molar-refractivity contribution in [3.63, 3.8) is 0 Å². The topological polar surface area (TPSA) is 0 Å². The van der Waals surface area contributed by atoms with E-state index in [9.17, 15) is 0 Å². The first-order valence-electron chi connectivity index (χ1n) is 4.67. The zero-order valence-corrected chi connectivity index (χ0v) is 11.0. The molecule has 0 bridgehead atoms. The lowest BCUT2D eigenvalue weighted by Gasteiger charge is -2.13. The van der Waals surface area contributed by atoms with E-state index in [2.05, 4.69) is 50.5 Å². The van der Waals surface area contributed by atoms with Gasteiger partial charge in [0.1, 0.15) is 0 Å². The first kappa shape index (κ1) is 13.8. The quantitative estimate of drug-likeness (QED) is 0.569. The maximum absolute atomic E-state index is 5.33. The number of thioether (sulfide) groups is 1. The number of rotatable bonds is 3. The molecule has 0 nitrogen and oxygen atoms in total. The standard InChI is InChI=1S/C12H18S2/c1-6-10(2)11(3)14-8-7-12(4,5)9-13/h1,10-11,13H,9H2,2-5H3. The Kier molecular flexibility index (Phi) is 6.25. The zero-order chi connectivity index (χ0) is 11.2. The minimum atomic E-state index is -0.00475. The van der Waals surface area contributed by atoms with Gasteiger partial charge in [-0.25, -0.2) is 0 Å². The molecule has 0 aromatic carbocycles. The lowest BCUT2D eigenvalue weighted by molar-refractivity contribution is 0.586. The van der Waals surface area contributed by atoms with Crippen molar-refractivity contribution in [1.29, 1.82) is 0 Å². The van der Waals surface area contributed by atoms with Crippen molar-refractivity contribution in [1.82, 2.24) is 0 Å². The van der Waals surface area contributed by atoms with Gasteiger partial charge in [-0.2, -0.15) is 12.6 Å². The molecule has 0 radical (unpaired) electrons. The average Bonchev–Trinajstić information content (AvgIpc) is 2.16. The fourth-order valence-corrected chi connectivity index (χ4v) is 1.42. The van der Waals surface area contributed by atoms with Crippen molar-refractivity contribution in [3.05, 3.63) is 0 Å². The van der Waals surface area contributed by atoms with Crippen LogP contribution in [0.4, 0.5) is 0 Å². The van der Waals surface area contributed by atoms with Crippen LogP contribution < -0.4 is 0 Å². The average molecular weight is 226 g/mol.